The zero-order chi connectivity index (χ0) is 34.3. The average Bonchev–Trinajstić information content (AvgIpc) is 3.87. The molecular weight excluding hydrogens is 633 g/mol. The summed E-state index contributed by atoms with van der Waals surface area (Å²) in [6.07, 6.45) is 0. The number of fused-ring (bicyclic) bond motifs is 20. The molecule has 0 saturated heterocycles. The van der Waals surface area contributed by atoms with Crippen molar-refractivity contribution in [2.45, 2.75) is 26.2 Å². The van der Waals surface area contributed by atoms with Gasteiger partial charge in [0.05, 0.1) is 5.39 Å². The van der Waals surface area contributed by atoms with E-state index in [0.29, 0.717) is 51.6 Å². The molecule has 0 aliphatic carbocycles. The topological polar surface area (TPSA) is 118 Å². The van der Waals surface area contributed by atoms with Crippen molar-refractivity contribution >= 4 is 44.1 Å². The van der Waals surface area contributed by atoms with E-state index in [1.54, 1.807) is 0 Å². The molecule has 0 amide bonds. The number of rotatable bonds is 2. The molecule has 51 heavy (non-hydrogen) atoms. The second-order valence-corrected chi connectivity index (χ2v) is 13.8. The van der Waals surface area contributed by atoms with E-state index in [9.17, 15) is 0 Å². The van der Waals surface area contributed by atoms with Crippen LogP contribution in [0.1, 0.15) is 26.3 Å². The first-order chi connectivity index (χ1) is 24.9. The minimum atomic E-state index is 0.0317. The molecular formula is C42H30N8O. The van der Waals surface area contributed by atoms with Gasteiger partial charge >= 0.3 is 0 Å². The maximum atomic E-state index is 6.59. The number of nitrogens with zero attached hydrogens (tertiary/aromatic N) is 6. The van der Waals surface area contributed by atoms with Crippen molar-refractivity contribution in [1.29, 1.82) is 0 Å². The summed E-state index contributed by atoms with van der Waals surface area (Å²) in [5.41, 5.74) is 7.32. The molecule has 9 heteroatoms. The number of aromatic amines is 2. The molecule has 0 saturated carbocycles. The molecule has 0 fully saturated rings. The Morgan fingerprint density at radius 2 is 0.863 bits per heavy atom. The highest BCUT2D eigenvalue weighted by atomic mass is 16.5. The van der Waals surface area contributed by atoms with Crippen LogP contribution in [-0.2, 0) is 5.41 Å². The first-order valence-corrected chi connectivity index (χ1v) is 16.9. The Labute approximate surface area is 292 Å². The number of hydrogen-bond acceptors (Lipinski definition) is 7. The largest absolute Gasteiger partial charge is 0.457 e. The van der Waals surface area contributed by atoms with Gasteiger partial charge in [0.1, 0.15) is 34.1 Å². The molecule has 5 heterocycles. The summed E-state index contributed by atoms with van der Waals surface area (Å²) in [4.78, 5) is 37.5. The average molecular weight is 663 g/mol. The summed E-state index contributed by atoms with van der Waals surface area (Å²) in [6, 6.07) is 38.3. The summed E-state index contributed by atoms with van der Waals surface area (Å²) < 4.78 is 6.59. The van der Waals surface area contributed by atoms with Gasteiger partial charge in [-0.2, -0.15) is 0 Å². The van der Waals surface area contributed by atoms with E-state index >= 15 is 0 Å². The van der Waals surface area contributed by atoms with Crippen molar-refractivity contribution in [1.82, 2.24) is 39.9 Å². The highest BCUT2D eigenvalue weighted by molar-refractivity contribution is 6.09. The van der Waals surface area contributed by atoms with Gasteiger partial charge in [0.15, 0.2) is 23.3 Å². The lowest BCUT2D eigenvalue weighted by Crippen LogP contribution is -2.10. The van der Waals surface area contributed by atoms with Crippen molar-refractivity contribution in [2.75, 3.05) is 0 Å². The Morgan fingerprint density at radius 3 is 1.37 bits per heavy atom. The Balaban J connectivity index is 1.31. The summed E-state index contributed by atoms with van der Waals surface area (Å²) in [7, 11) is 0. The van der Waals surface area contributed by atoms with Crippen molar-refractivity contribution < 1.29 is 4.74 Å². The van der Waals surface area contributed by atoms with Crippen LogP contribution in [0.2, 0.25) is 0 Å². The van der Waals surface area contributed by atoms with E-state index in [4.69, 9.17) is 34.6 Å². The van der Waals surface area contributed by atoms with Gasteiger partial charge in [-0.1, -0.05) is 118 Å². The first kappa shape index (κ1) is 29.2. The van der Waals surface area contributed by atoms with Crippen LogP contribution in [0.3, 0.4) is 0 Å². The van der Waals surface area contributed by atoms with E-state index in [-0.39, 0.29) is 5.41 Å². The maximum Gasteiger partial charge on any atom is 0.164 e. The molecule has 0 atom stereocenters. The molecule has 2 aliphatic rings. The molecule has 8 bridgehead atoms. The molecule has 10 rings (SSSR count). The van der Waals surface area contributed by atoms with Crippen molar-refractivity contribution in [3.05, 3.63) is 121 Å². The Kier molecular flexibility index (Phi) is 6.23. The fourth-order valence-corrected chi connectivity index (χ4v) is 6.89. The molecule has 8 aromatic rings. The Bertz CT molecular complexity index is 2880. The Hall–Kier alpha value is -6.74. The van der Waals surface area contributed by atoms with Gasteiger partial charge in [-0.05, 0) is 29.2 Å². The maximum absolute atomic E-state index is 6.59. The second kappa shape index (κ2) is 10.9. The lowest BCUT2D eigenvalue weighted by molar-refractivity contribution is 0.487. The smallest absolute Gasteiger partial charge is 0.164 e. The number of ether oxygens (including phenoxy) is 1. The van der Waals surface area contributed by atoms with Crippen LogP contribution in [0.25, 0.3) is 89.7 Å². The second-order valence-electron chi connectivity index (χ2n) is 13.8. The monoisotopic (exact) mass is 662 g/mol. The lowest BCUT2D eigenvalue weighted by Gasteiger charge is -2.19. The van der Waals surface area contributed by atoms with Crippen LogP contribution in [0.5, 0.6) is 11.5 Å². The molecule has 244 valence electrons. The first-order valence-electron chi connectivity index (χ1n) is 16.9. The van der Waals surface area contributed by atoms with Gasteiger partial charge in [-0.3, -0.25) is 0 Å². The van der Waals surface area contributed by atoms with Crippen LogP contribution in [0, 0.1) is 0 Å². The third kappa shape index (κ3) is 4.77. The van der Waals surface area contributed by atoms with Gasteiger partial charge in [0.25, 0.3) is 0 Å². The summed E-state index contributed by atoms with van der Waals surface area (Å²) in [5, 5.41) is 3.50. The van der Waals surface area contributed by atoms with Crippen LogP contribution < -0.4 is 4.74 Å². The highest BCUT2D eigenvalue weighted by Crippen LogP contribution is 2.39. The van der Waals surface area contributed by atoms with Crippen LogP contribution in [0.4, 0.5) is 0 Å². The van der Waals surface area contributed by atoms with Crippen LogP contribution in [0.15, 0.2) is 115 Å². The lowest BCUT2D eigenvalue weighted by atomic mass is 9.87. The van der Waals surface area contributed by atoms with Gasteiger partial charge < -0.3 is 14.7 Å². The number of hydrogen-bond donors (Lipinski definition) is 2. The van der Waals surface area contributed by atoms with E-state index in [1.165, 1.54) is 5.56 Å². The van der Waals surface area contributed by atoms with Gasteiger partial charge in [0, 0.05) is 38.4 Å². The van der Waals surface area contributed by atoms with E-state index in [0.717, 1.165) is 49.5 Å². The molecule has 2 N–H and O–H groups in total. The molecule has 3 aromatic heterocycles. The number of benzene rings is 5. The van der Waals surface area contributed by atoms with Crippen molar-refractivity contribution in [3.63, 3.8) is 0 Å². The predicted molar refractivity (Wildman–Crippen MR) is 201 cm³/mol. The zero-order valence-corrected chi connectivity index (χ0v) is 28.1. The van der Waals surface area contributed by atoms with Gasteiger partial charge in [-0.25, -0.2) is 29.9 Å². The fraction of sp³-hybridized carbons (Fsp3) is 0.0952. The number of aromatic nitrogens is 8. The SMILES string of the molecule is CC(C)(C)c1ccc(Oc2cccc3c4nc5nc(nc6[nH]c(nc7nc(nc([nH]4)c23)-c2ccccc2-7)c2ccccc62)-c2ccccc2-5)cc1. The predicted octanol–water partition coefficient (Wildman–Crippen LogP) is 9.96. The van der Waals surface area contributed by atoms with E-state index in [1.807, 2.05) is 103 Å². The van der Waals surface area contributed by atoms with Crippen LogP contribution >= 0.6 is 0 Å². The highest BCUT2D eigenvalue weighted by Gasteiger charge is 2.23. The standard InChI is InChI=1S/C42H30N8O/c1-42(2,3)23-19-21-24(22-20-23)51-32-18-10-17-31-33(32)41-49-39-30-16-9-8-15-29(30)37(47-39)45-35-26-12-5-4-11-25(26)34(43-35)44-36-27-13-6-7-14-28(27)38(46-36)48-40(31)50-41/h4-22H,1-3H3,(H2,43,44,45,46,47,48,49,50). The molecule has 0 unspecified atom stereocenters. The summed E-state index contributed by atoms with van der Waals surface area (Å²) in [5.74, 6) is 3.59. The van der Waals surface area contributed by atoms with E-state index < -0.39 is 0 Å². The number of nitrogens with one attached hydrogen (secondary N) is 2. The third-order valence-electron chi connectivity index (χ3n) is 9.49. The van der Waals surface area contributed by atoms with Gasteiger partial charge in [-0.15, -0.1) is 0 Å². The third-order valence-corrected chi connectivity index (χ3v) is 9.49. The number of H-pyrrole nitrogens is 2. The van der Waals surface area contributed by atoms with Crippen LogP contribution in [-0.4, -0.2) is 39.9 Å². The minimum Gasteiger partial charge on any atom is -0.457 e. The molecule has 9 nitrogen and oxygen atoms in total. The minimum absolute atomic E-state index is 0.0317. The van der Waals surface area contributed by atoms with Crippen molar-refractivity contribution in [2.24, 2.45) is 0 Å². The molecule has 0 spiro atoms. The van der Waals surface area contributed by atoms with E-state index in [2.05, 4.69) is 42.9 Å². The normalized spacial score (nSPS) is 12.2. The quantitative estimate of drug-likeness (QED) is 0.189. The molecule has 5 aromatic carbocycles. The van der Waals surface area contributed by atoms with Gasteiger partial charge in [0.2, 0.25) is 0 Å². The molecule has 2 aliphatic heterocycles. The van der Waals surface area contributed by atoms with Crippen molar-refractivity contribution in [3.8, 4) is 57.1 Å². The Morgan fingerprint density at radius 1 is 0.431 bits per heavy atom. The summed E-state index contributed by atoms with van der Waals surface area (Å²) in [6.45, 7) is 6.60. The summed E-state index contributed by atoms with van der Waals surface area (Å²) >= 11 is 0. The zero-order valence-electron chi connectivity index (χ0n) is 28.1. The fourth-order valence-electron chi connectivity index (χ4n) is 6.89. The molecule has 0 radical (unpaired) electrons.